The Morgan fingerprint density at radius 3 is 2.83 bits per heavy atom. The fraction of sp³-hybridized carbons (Fsp3) is 0.357. The lowest BCUT2D eigenvalue weighted by atomic mass is 10.2. The van der Waals surface area contributed by atoms with Gasteiger partial charge in [-0.05, 0) is 18.6 Å². The Morgan fingerprint density at radius 1 is 1.50 bits per heavy atom. The molecule has 0 saturated heterocycles. The lowest BCUT2D eigenvalue weighted by Gasteiger charge is -2.11. The number of aliphatic hydroxyl groups is 1. The van der Waals surface area contributed by atoms with E-state index in [1.807, 2.05) is 31.2 Å². The van der Waals surface area contributed by atoms with Crippen molar-refractivity contribution in [2.45, 2.75) is 19.4 Å². The summed E-state index contributed by atoms with van der Waals surface area (Å²) in [6, 6.07) is 7.25. The molecule has 0 aliphatic heterocycles. The zero-order chi connectivity index (χ0) is 13.4. The summed E-state index contributed by atoms with van der Waals surface area (Å²) in [6.45, 7) is 1.86. The molecule has 1 aromatic rings. The molecule has 1 atom stereocenters. The Bertz CT molecular complexity index is 411. The minimum absolute atomic E-state index is 0.0509. The second-order valence-electron chi connectivity index (χ2n) is 3.87. The molecule has 0 spiro atoms. The highest BCUT2D eigenvalue weighted by Gasteiger charge is 2.06. The fourth-order valence-corrected chi connectivity index (χ4v) is 1.50. The predicted octanol–water partition coefficient (Wildman–Crippen LogP) is 1.60. The topological polar surface area (TPSA) is 58.6 Å². The van der Waals surface area contributed by atoms with Crippen LogP contribution in [-0.2, 0) is 4.79 Å². The van der Waals surface area contributed by atoms with E-state index in [-0.39, 0.29) is 18.6 Å². The number of nitrogens with one attached hydrogen (secondary N) is 1. The Hall–Kier alpha value is -1.81. The number of benzene rings is 1. The van der Waals surface area contributed by atoms with E-state index in [4.69, 9.17) is 9.84 Å². The number of hydrogen-bond donors (Lipinski definition) is 2. The van der Waals surface area contributed by atoms with Gasteiger partial charge in [-0.3, -0.25) is 4.79 Å². The molecule has 0 heterocycles. The smallest absolute Gasteiger partial charge is 0.244 e. The summed E-state index contributed by atoms with van der Waals surface area (Å²) in [5.41, 5.74) is 0.840. The van der Waals surface area contributed by atoms with Crippen LogP contribution in [-0.4, -0.2) is 30.8 Å². The standard InChI is InChI=1S/C14H19NO3/c1-3-12(10-16)15-14(17)9-8-11-6-4-5-7-13(11)18-2/h4-9,12,16H,3,10H2,1-2H3,(H,15,17)/b9-8+/t12-/m1/s1. The number of carbonyl (C=O) groups excluding carboxylic acids is 1. The minimum atomic E-state index is -0.221. The van der Waals surface area contributed by atoms with Crippen molar-refractivity contribution in [3.63, 3.8) is 0 Å². The summed E-state index contributed by atoms with van der Waals surface area (Å²) in [6.07, 6.45) is 3.83. The number of rotatable bonds is 6. The highest BCUT2D eigenvalue weighted by Crippen LogP contribution is 2.18. The van der Waals surface area contributed by atoms with E-state index in [2.05, 4.69) is 5.32 Å². The van der Waals surface area contributed by atoms with Gasteiger partial charge in [-0.25, -0.2) is 0 Å². The predicted molar refractivity (Wildman–Crippen MR) is 71.3 cm³/mol. The molecule has 0 fully saturated rings. The molecule has 0 aromatic heterocycles. The van der Waals surface area contributed by atoms with Crippen molar-refractivity contribution in [2.75, 3.05) is 13.7 Å². The molecule has 0 radical (unpaired) electrons. The summed E-state index contributed by atoms with van der Waals surface area (Å²) >= 11 is 0. The first-order valence-electron chi connectivity index (χ1n) is 5.93. The second-order valence-corrected chi connectivity index (χ2v) is 3.87. The van der Waals surface area contributed by atoms with E-state index in [1.165, 1.54) is 6.08 Å². The molecule has 1 rings (SSSR count). The lowest BCUT2D eigenvalue weighted by molar-refractivity contribution is -0.117. The molecular weight excluding hydrogens is 230 g/mol. The van der Waals surface area contributed by atoms with Crippen molar-refractivity contribution in [1.82, 2.24) is 5.32 Å². The van der Waals surface area contributed by atoms with Crippen molar-refractivity contribution in [2.24, 2.45) is 0 Å². The van der Waals surface area contributed by atoms with Gasteiger partial charge in [0, 0.05) is 11.6 Å². The third-order valence-electron chi connectivity index (χ3n) is 2.61. The van der Waals surface area contributed by atoms with Crippen LogP contribution in [0.15, 0.2) is 30.3 Å². The molecule has 0 saturated carbocycles. The van der Waals surface area contributed by atoms with Gasteiger partial charge in [0.1, 0.15) is 5.75 Å². The Kier molecular flexibility index (Phi) is 5.94. The number of para-hydroxylation sites is 1. The number of amides is 1. The lowest BCUT2D eigenvalue weighted by Crippen LogP contribution is -2.35. The molecule has 18 heavy (non-hydrogen) atoms. The van der Waals surface area contributed by atoms with E-state index >= 15 is 0 Å². The molecule has 0 bridgehead atoms. The maximum absolute atomic E-state index is 11.6. The van der Waals surface area contributed by atoms with E-state index < -0.39 is 0 Å². The Morgan fingerprint density at radius 2 is 2.22 bits per heavy atom. The molecule has 0 aliphatic carbocycles. The van der Waals surface area contributed by atoms with E-state index in [9.17, 15) is 4.79 Å². The maximum Gasteiger partial charge on any atom is 0.244 e. The maximum atomic E-state index is 11.6. The quantitative estimate of drug-likeness (QED) is 0.753. The monoisotopic (exact) mass is 249 g/mol. The molecular formula is C14H19NO3. The van der Waals surface area contributed by atoms with Crippen LogP contribution in [0.5, 0.6) is 5.75 Å². The normalized spacial score (nSPS) is 12.4. The van der Waals surface area contributed by atoms with Gasteiger partial charge in [0.25, 0.3) is 0 Å². The fourth-order valence-electron chi connectivity index (χ4n) is 1.50. The number of hydrogen-bond acceptors (Lipinski definition) is 3. The zero-order valence-electron chi connectivity index (χ0n) is 10.7. The van der Waals surface area contributed by atoms with Crippen LogP contribution < -0.4 is 10.1 Å². The van der Waals surface area contributed by atoms with E-state index in [1.54, 1.807) is 13.2 Å². The van der Waals surface area contributed by atoms with Gasteiger partial charge in [-0.1, -0.05) is 25.1 Å². The van der Waals surface area contributed by atoms with Gasteiger partial charge in [0.15, 0.2) is 0 Å². The zero-order valence-corrected chi connectivity index (χ0v) is 10.7. The van der Waals surface area contributed by atoms with Crippen LogP contribution in [0.3, 0.4) is 0 Å². The Labute approximate surface area is 107 Å². The third-order valence-corrected chi connectivity index (χ3v) is 2.61. The van der Waals surface area contributed by atoms with Gasteiger partial charge in [0.2, 0.25) is 5.91 Å². The first-order chi connectivity index (χ1) is 8.71. The third kappa shape index (κ3) is 4.22. The molecule has 4 heteroatoms. The summed E-state index contributed by atoms with van der Waals surface area (Å²) < 4.78 is 5.18. The van der Waals surface area contributed by atoms with Gasteiger partial charge in [0.05, 0.1) is 19.8 Å². The van der Waals surface area contributed by atoms with Crippen molar-refractivity contribution >= 4 is 12.0 Å². The Balaban J connectivity index is 2.66. The molecule has 2 N–H and O–H groups in total. The summed E-state index contributed by atoms with van der Waals surface area (Å²) in [4.78, 5) is 11.6. The van der Waals surface area contributed by atoms with Gasteiger partial charge in [-0.15, -0.1) is 0 Å². The second kappa shape index (κ2) is 7.50. The molecule has 0 aliphatic rings. The average Bonchev–Trinajstić information content (AvgIpc) is 2.42. The summed E-state index contributed by atoms with van der Waals surface area (Å²) in [5.74, 6) is 0.498. The van der Waals surface area contributed by atoms with Gasteiger partial charge >= 0.3 is 0 Å². The largest absolute Gasteiger partial charge is 0.496 e. The van der Waals surface area contributed by atoms with Crippen LogP contribution in [0.2, 0.25) is 0 Å². The van der Waals surface area contributed by atoms with Crippen molar-refractivity contribution in [3.05, 3.63) is 35.9 Å². The number of methoxy groups -OCH3 is 1. The number of aliphatic hydroxyl groups excluding tert-OH is 1. The van der Waals surface area contributed by atoms with Crippen molar-refractivity contribution < 1.29 is 14.6 Å². The van der Waals surface area contributed by atoms with Gasteiger partial charge in [-0.2, -0.15) is 0 Å². The molecule has 98 valence electrons. The number of ether oxygens (including phenoxy) is 1. The number of carbonyl (C=O) groups is 1. The van der Waals surface area contributed by atoms with Gasteiger partial charge < -0.3 is 15.2 Å². The van der Waals surface area contributed by atoms with Crippen LogP contribution in [0.1, 0.15) is 18.9 Å². The first kappa shape index (κ1) is 14.3. The molecule has 0 unspecified atom stereocenters. The van der Waals surface area contributed by atoms with Crippen LogP contribution in [0.25, 0.3) is 6.08 Å². The first-order valence-corrected chi connectivity index (χ1v) is 5.93. The van der Waals surface area contributed by atoms with E-state index in [0.717, 1.165) is 11.3 Å². The highest BCUT2D eigenvalue weighted by molar-refractivity contribution is 5.92. The van der Waals surface area contributed by atoms with Crippen LogP contribution in [0.4, 0.5) is 0 Å². The summed E-state index contributed by atoms with van der Waals surface area (Å²) in [5, 5.41) is 11.7. The molecule has 1 aromatic carbocycles. The molecule has 4 nitrogen and oxygen atoms in total. The minimum Gasteiger partial charge on any atom is -0.496 e. The van der Waals surface area contributed by atoms with Crippen LogP contribution in [0, 0.1) is 0 Å². The molecule has 1 amide bonds. The summed E-state index contributed by atoms with van der Waals surface area (Å²) in [7, 11) is 1.59. The van der Waals surface area contributed by atoms with Crippen molar-refractivity contribution in [1.29, 1.82) is 0 Å². The highest BCUT2D eigenvalue weighted by atomic mass is 16.5. The SMILES string of the molecule is CC[C@H](CO)NC(=O)/C=C/c1ccccc1OC. The van der Waals surface area contributed by atoms with E-state index in [0.29, 0.717) is 6.42 Å². The van der Waals surface area contributed by atoms with Crippen molar-refractivity contribution in [3.8, 4) is 5.75 Å². The average molecular weight is 249 g/mol. The van der Waals surface area contributed by atoms with Crippen LogP contribution >= 0.6 is 0 Å².